The van der Waals surface area contributed by atoms with Crippen LogP contribution in [-0.2, 0) is 34.6 Å². The van der Waals surface area contributed by atoms with E-state index in [2.05, 4.69) is 142 Å². The molecule has 2 aromatic carbocycles. The van der Waals surface area contributed by atoms with Gasteiger partial charge in [0.05, 0.1) is 0 Å². The molecule has 0 radical (unpaired) electrons. The van der Waals surface area contributed by atoms with Crippen LogP contribution in [0.5, 0.6) is 0 Å². The van der Waals surface area contributed by atoms with Crippen LogP contribution in [0.1, 0.15) is 80.4 Å². The van der Waals surface area contributed by atoms with E-state index in [9.17, 15) is 0 Å². The maximum atomic E-state index is 3.44. The number of aryl methyl sites for hydroxylation is 2. The summed E-state index contributed by atoms with van der Waals surface area (Å²) in [5.41, 5.74) is 11.6. The van der Waals surface area contributed by atoms with E-state index in [0.717, 1.165) is 12.8 Å². The molecule has 0 saturated heterocycles. The van der Waals surface area contributed by atoms with Gasteiger partial charge in [0, 0.05) is 0 Å². The summed E-state index contributed by atoms with van der Waals surface area (Å²) >= 11 is 0. The Bertz CT molecular complexity index is 984. The topological polar surface area (TPSA) is 0 Å². The molecule has 0 fully saturated rings. The summed E-state index contributed by atoms with van der Waals surface area (Å²) in [6, 6.07) is 21.2. The minimum atomic E-state index is 0. The fraction of sp³-hybridized carbons (Fsp3) is 0.412. The van der Waals surface area contributed by atoms with Gasteiger partial charge in [0.1, 0.15) is 0 Å². The molecular formula is C34H44Ti. The molecule has 0 atom stereocenters. The van der Waals surface area contributed by atoms with E-state index in [1.807, 2.05) is 0 Å². The Balaban J connectivity index is 0.000000265. The third kappa shape index (κ3) is 8.93. The van der Waals surface area contributed by atoms with Crippen LogP contribution >= 0.6 is 0 Å². The minimum Gasteiger partial charge on any atom is -0.263 e. The fourth-order valence-corrected chi connectivity index (χ4v) is 4.39. The number of allylic oxidation sites excluding steroid dienone is 8. The first-order valence-electron chi connectivity index (χ1n) is 12.5. The Hall–Kier alpha value is -1.89. The smallest absolute Gasteiger partial charge is 0.263 e. The van der Waals surface area contributed by atoms with Gasteiger partial charge in [-0.25, -0.2) is 11.1 Å². The minimum absolute atomic E-state index is 0. The summed E-state index contributed by atoms with van der Waals surface area (Å²) < 4.78 is 0. The summed E-state index contributed by atoms with van der Waals surface area (Å²) in [4.78, 5) is 0. The second-order valence-corrected chi connectivity index (χ2v) is 10.7. The number of rotatable bonds is 3. The van der Waals surface area contributed by atoms with Crippen molar-refractivity contribution in [2.24, 2.45) is 10.8 Å². The van der Waals surface area contributed by atoms with Gasteiger partial charge in [0.25, 0.3) is 0 Å². The second kappa shape index (κ2) is 13.4. The van der Waals surface area contributed by atoms with Gasteiger partial charge < -0.3 is 0 Å². The molecular weight excluding hydrogens is 456 g/mol. The predicted octanol–water partition coefficient (Wildman–Crippen LogP) is 9.69. The molecule has 0 aromatic heterocycles. The van der Waals surface area contributed by atoms with Crippen molar-refractivity contribution in [3.05, 3.63) is 117 Å². The van der Waals surface area contributed by atoms with Crippen LogP contribution in [0.4, 0.5) is 0 Å². The fourth-order valence-electron chi connectivity index (χ4n) is 4.39. The SMILES string of the molecule is CC1=[C-]C(C)(C)C(C)=C1C.CC1=[C-]C(C)(C)C(C)=C1C.[Ti+2].c1ccc(CCc2ccccc2)cc1. The maximum absolute atomic E-state index is 3.44. The molecule has 0 N–H and O–H groups in total. The van der Waals surface area contributed by atoms with Crippen molar-refractivity contribution in [1.29, 1.82) is 0 Å². The van der Waals surface area contributed by atoms with Gasteiger partial charge in [0.2, 0.25) is 0 Å². The zero-order chi connectivity index (χ0) is 25.5. The Morgan fingerprint density at radius 2 is 0.800 bits per heavy atom. The van der Waals surface area contributed by atoms with Crippen molar-refractivity contribution in [3.8, 4) is 0 Å². The third-order valence-electron chi connectivity index (χ3n) is 7.51. The molecule has 4 rings (SSSR count). The molecule has 184 valence electrons. The second-order valence-electron chi connectivity index (χ2n) is 10.7. The summed E-state index contributed by atoms with van der Waals surface area (Å²) in [5, 5.41) is 0. The summed E-state index contributed by atoms with van der Waals surface area (Å²) in [5.74, 6) is 0. The zero-order valence-electron chi connectivity index (χ0n) is 23.7. The molecule has 1 heteroatoms. The van der Waals surface area contributed by atoms with E-state index < -0.39 is 0 Å². The van der Waals surface area contributed by atoms with E-state index in [0.29, 0.717) is 0 Å². The monoisotopic (exact) mass is 500 g/mol. The molecule has 0 spiro atoms. The maximum Gasteiger partial charge on any atom is 2.00 e. The zero-order valence-corrected chi connectivity index (χ0v) is 25.2. The third-order valence-corrected chi connectivity index (χ3v) is 7.51. The molecule has 0 bridgehead atoms. The Morgan fingerprint density at radius 1 is 0.514 bits per heavy atom. The van der Waals surface area contributed by atoms with Crippen LogP contribution in [0.3, 0.4) is 0 Å². The van der Waals surface area contributed by atoms with Crippen molar-refractivity contribution in [1.82, 2.24) is 0 Å². The number of benzene rings is 2. The largest absolute Gasteiger partial charge is 2.00 e. The van der Waals surface area contributed by atoms with E-state index in [1.54, 1.807) is 0 Å². The van der Waals surface area contributed by atoms with Crippen LogP contribution < -0.4 is 0 Å². The van der Waals surface area contributed by atoms with Gasteiger partial charge in [-0.1, -0.05) is 127 Å². The molecule has 0 amide bonds. The number of hydrogen-bond acceptors (Lipinski definition) is 0. The van der Waals surface area contributed by atoms with Crippen LogP contribution in [-0.4, -0.2) is 0 Å². The first-order chi connectivity index (χ1) is 15.8. The quantitative estimate of drug-likeness (QED) is 0.291. The molecule has 0 saturated carbocycles. The number of hydrogen-bond donors (Lipinski definition) is 0. The van der Waals surface area contributed by atoms with Crippen LogP contribution in [0, 0.1) is 23.0 Å². The Labute approximate surface area is 231 Å². The summed E-state index contributed by atoms with van der Waals surface area (Å²) in [6.07, 6.45) is 9.13. The van der Waals surface area contributed by atoms with Crippen molar-refractivity contribution >= 4 is 0 Å². The van der Waals surface area contributed by atoms with E-state index in [4.69, 9.17) is 0 Å². The van der Waals surface area contributed by atoms with Gasteiger partial charge in [-0.05, 0) is 24.0 Å². The molecule has 0 nitrogen and oxygen atoms in total. The van der Waals surface area contributed by atoms with Crippen molar-refractivity contribution in [2.75, 3.05) is 0 Å². The van der Waals surface area contributed by atoms with E-state index >= 15 is 0 Å². The molecule has 0 aliphatic heterocycles. The average molecular weight is 501 g/mol. The van der Waals surface area contributed by atoms with Gasteiger partial charge in [-0.3, -0.25) is 12.2 Å². The van der Waals surface area contributed by atoms with Gasteiger partial charge in [-0.2, -0.15) is 22.3 Å². The van der Waals surface area contributed by atoms with Gasteiger partial charge in [0.15, 0.2) is 0 Å². The Morgan fingerprint density at radius 3 is 0.971 bits per heavy atom. The molecule has 2 aliphatic rings. The first kappa shape index (κ1) is 31.1. The molecule has 2 aliphatic carbocycles. The average Bonchev–Trinajstić information content (AvgIpc) is 3.10. The standard InChI is InChI=1S/C14H14.2C10H15.Ti/c1-3-7-13(8-4-1)11-12-14-9-5-2-6-10-14;2*1-7-6-10(4,5)9(3)8(7)2;/h1-10H,11-12H2;2*1-5H3;/q;2*-1;+2. The Kier molecular flexibility index (Phi) is 12.0. The van der Waals surface area contributed by atoms with Crippen molar-refractivity contribution in [2.45, 2.75) is 82.1 Å². The van der Waals surface area contributed by atoms with E-state index in [1.165, 1.54) is 44.6 Å². The molecule has 2 aromatic rings. The first-order valence-corrected chi connectivity index (χ1v) is 12.5. The summed E-state index contributed by atoms with van der Waals surface area (Å²) in [7, 11) is 0. The van der Waals surface area contributed by atoms with Crippen LogP contribution in [0.25, 0.3) is 0 Å². The van der Waals surface area contributed by atoms with Crippen molar-refractivity contribution < 1.29 is 21.7 Å². The van der Waals surface area contributed by atoms with E-state index in [-0.39, 0.29) is 32.5 Å². The summed E-state index contributed by atoms with van der Waals surface area (Å²) in [6.45, 7) is 21.8. The van der Waals surface area contributed by atoms with Crippen LogP contribution in [0.2, 0.25) is 0 Å². The predicted molar refractivity (Wildman–Crippen MR) is 149 cm³/mol. The van der Waals surface area contributed by atoms with Gasteiger partial charge >= 0.3 is 21.7 Å². The molecule has 35 heavy (non-hydrogen) atoms. The normalized spacial score (nSPS) is 17.4. The molecule has 0 heterocycles. The van der Waals surface area contributed by atoms with Crippen molar-refractivity contribution in [3.63, 3.8) is 0 Å². The molecule has 0 unspecified atom stereocenters. The van der Waals surface area contributed by atoms with Crippen LogP contribution in [0.15, 0.2) is 94.1 Å². The van der Waals surface area contributed by atoms with Gasteiger partial charge in [-0.15, -0.1) is 13.8 Å².